The third kappa shape index (κ3) is 53.2. The first kappa shape index (κ1) is 43.3. The summed E-state index contributed by atoms with van der Waals surface area (Å²) in [6.45, 7) is 6.58. The Balaban J connectivity index is -0.000000543. The van der Waals surface area contributed by atoms with E-state index in [-0.39, 0.29) is 0 Å². The minimum atomic E-state index is -1.10. The molecule has 0 aliphatic rings. The summed E-state index contributed by atoms with van der Waals surface area (Å²) in [6, 6.07) is 0. The smallest absolute Gasteiger partial charge is 0.303 e. The van der Waals surface area contributed by atoms with Gasteiger partial charge in [0.25, 0.3) is 0 Å². The van der Waals surface area contributed by atoms with E-state index in [2.05, 4.69) is 20.8 Å². The molecule has 0 aliphatic heterocycles. The highest BCUT2D eigenvalue weighted by Crippen LogP contribution is 2.13. The van der Waals surface area contributed by atoms with Crippen LogP contribution in [0.1, 0.15) is 201 Å². The Kier molecular flexibility index (Phi) is 43.3. The van der Waals surface area contributed by atoms with Crippen molar-refractivity contribution in [3.8, 4) is 0 Å². The fourth-order valence-corrected chi connectivity index (χ4v) is 4.46. The zero-order chi connectivity index (χ0) is 30.5. The van der Waals surface area contributed by atoms with E-state index >= 15 is 0 Å². The SMILES string of the molecule is CCCCCC(O)O.CCCCCCCCCCCCCC(=O)O.CCCCCCCCCCCCCC(=O)O. The number of carbonyl (C=O) groups is 2. The van der Waals surface area contributed by atoms with Gasteiger partial charge >= 0.3 is 11.9 Å². The molecule has 0 aromatic heterocycles. The zero-order valence-electron chi connectivity index (χ0n) is 27.0. The molecule has 40 heavy (non-hydrogen) atoms. The van der Waals surface area contributed by atoms with E-state index in [1.165, 1.54) is 116 Å². The molecular weight excluding hydrogens is 504 g/mol. The number of rotatable bonds is 28. The van der Waals surface area contributed by atoms with Gasteiger partial charge in [0.2, 0.25) is 0 Å². The van der Waals surface area contributed by atoms with Crippen LogP contribution in [0.15, 0.2) is 0 Å². The second-order valence-electron chi connectivity index (χ2n) is 11.3. The Labute approximate surface area is 248 Å². The molecule has 0 aliphatic carbocycles. The van der Waals surface area contributed by atoms with Gasteiger partial charge in [0.05, 0.1) is 0 Å². The van der Waals surface area contributed by atoms with Crippen LogP contribution >= 0.6 is 0 Å². The molecule has 0 bridgehead atoms. The van der Waals surface area contributed by atoms with Crippen LogP contribution in [0.4, 0.5) is 0 Å². The molecule has 0 radical (unpaired) electrons. The average molecular weight is 575 g/mol. The highest BCUT2D eigenvalue weighted by molar-refractivity contribution is 5.66. The van der Waals surface area contributed by atoms with Gasteiger partial charge in [-0.2, -0.15) is 0 Å². The Morgan fingerprint density at radius 3 is 0.850 bits per heavy atom. The molecule has 0 fully saturated rings. The third-order valence-electron chi connectivity index (χ3n) is 7.05. The summed E-state index contributed by atoms with van der Waals surface area (Å²) < 4.78 is 0. The molecule has 0 rings (SSSR count). The molecule has 242 valence electrons. The van der Waals surface area contributed by atoms with Crippen molar-refractivity contribution in [3.63, 3.8) is 0 Å². The quantitative estimate of drug-likeness (QED) is 0.0545. The van der Waals surface area contributed by atoms with Crippen molar-refractivity contribution in [3.05, 3.63) is 0 Å². The predicted molar refractivity (Wildman–Crippen MR) is 170 cm³/mol. The van der Waals surface area contributed by atoms with Gasteiger partial charge < -0.3 is 20.4 Å². The van der Waals surface area contributed by atoms with Crippen LogP contribution in [0.3, 0.4) is 0 Å². The highest BCUT2D eigenvalue weighted by Gasteiger charge is 1.98. The first-order valence-corrected chi connectivity index (χ1v) is 17.1. The van der Waals surface area contributed by atoms with Crippen LogP contribution in [0.25, 0.3) is 0 Å². The number of aliphatic hydroxyl groups is 2. The normalized spacial score (nSPS) is 10.6. The topological polar surface area (TPSA) is 115 Å². The lowest BCUT2D eigenvalue weighted by molar-refractivity contribution is -0.138. The maximum Gasteiger partial charge on any atom is 0.303 e. The Bertz CT molecular complexity index is 445. The molecule has 0 heterocycles. The molecule has 0 aromatic rings. The minimum absolute atomic E-state index is 0.344. The zero-order valence-corrected chi connectivity index (χ0v) is 27.0. The number of aliphatic carboxylic acids is 2. The van der Waals surface area contributed by atoms with Crippen molar-refractivity contribution in [2.45, 2.75) is 207 Å². The molecule has 0 unspecified atom stereocenters. The van der Waals surface area contributed by atoms with E-state index in [1.807, 2.05) is 0 Å². The second kappa shape index (κ2) is 40.0. The van der Waals surface area contributed by atoms with E-state index in [0.29, 0.717) is 19.3 Å². The summed E-state index contributed by atoms with van der Waals surface area (Å²) in [6.07, 6.45) is 31.3. The number of unbranched alkanes of at least 4 members (excludes halogenated alkanes) is 22. The molecule has 4 N–H and O–H groups in total. The molecule has 6 heteroatoms. The standard InChI is InChI=1S/2C14H28O2.C6H14O2/c2*1-2-3-4-5-6-7-8-9-10-11-12-13-14(15)16;1-2-3-4-5-6(7)8/h2*2-13H2,1H3,(H,15,16);6-8H,2-5H2,1H3. The highest BCUT2D eigenvalue weighted by atomic mass is 16.5. The molecule has 0 aromatic carbocycles. The number of hydrogen-bond donors (Lipinski definition) is 4. The van der Waals surface area contributed by atoms with Crippen molar-refractivity contribution in [2.75, 3.05) is 0 Å². The Hall–Kier alpha value is -1.14. The fraction of sp³-hybridized carbons (Fsp3) is 0.941. The van der Waals surface area contributed by atoms with Gasteiger partial charge in [0, 0.05) is 12.8 Å². The lowest BCUT2D eigenvalue weighted by Crippen LogP contribution is -2.02. The van der Waals surface area contributed by atoms with Crippen molar-refractivity contribution in [2.24, 2.45) is 0 Å². The van der Waals surface area contributed by atoms with Crippen LogP contribution in [-0.4, -0.2) is 38.7 Å². The fourth-order valence-electron chi connectivity index (χ4n) is 4.46. The average Bonchev–Trinajstić information content (AvgIpc) is 2.91. The molecule has 0 saturated carbocycles. The van der Waals surface area contributed by atoms with Crippen LogP contribution in [0, 0.1) is 0 Å². The minimum Gasteiger partial charge on any atom is -0.481 e. The van der Waals surface area contributed by atoms with Gasteiger partial charge in [-0.1, -0.05) is 162 Å². The van der Waals surface area contributed by atoms with E-state index < -0.39 is 18.2 Å². The summed E-state index contributed by atoms with van der Waals surface area (Å²) in [7, 11) is 0. The van der Waals surface area contributed by atoms with Gasteiger partial charge in [-0.15, -0.1) is 0 Å². The molecule has 0 spiro atoms. The maximum absolute atomic E-state index is 10.3. The lowest BCUT2D eigenvalue weighted by Gasteiger charge is -2.01. The number of hydrogen-bond acceptors (Lipinski definition) is 4. The summed E-state index contributed by atoms with van der Waals surface area (Å²) in [5.41, 5.74) is 0. The van der Waals surface area contributed by atoms with Gasteiger partial charge in [-0.3, -0.25) is 9.59 Å². The van der Waals surface area contributed by atoms with Gasteiger partial charge in [-0.05, 0) is 25.7 Å². The van der Waals surface area contributed by atoms with E-state index in [4.69, 9.17) is 20.4 Å². The van der Waals surface area contributed by atoms with Crippen molar-refractivity contribution in [1.82, 2.24) is 0 Å². The lowest BCUT2D eigenvalue weighted by atomic mass is 10.1. The summed E-state index contributed by atoms with van der Waals surface area (Å²) in [5, 5.41) is 33.6. The van der Waals surface area contributed by atoms with Crippen LogP contribution in [-0.2, 0) is 9.59 Å². The molecule has 0 atom stereocenters. The summed E-state index contributed by atoms with van der Waals surface area (Å²) in [4.78, 5) is 20.5. The third-order valence-corrected chi connectivity index (χ3v) is 7.05. The van der Waals surface area contributed by atoms with Crippen LogP contribution in [0.2, 0.25) is 0 Å². The number of aliphatic hydroxyl groups excluding tert-OH is 1. The number of carboxylic acid groups (broad SMARTS) is 2. The van der Waals surface area contributed by atoms with Gasteiger partial charge in [0.15, 0.2) is 6.29 Å². The monoisotopic (exact) mass is 575 g/mol. The largest absolute Gasteiger partial charge is 0.481 e. The Morgan fingerprint density at radius 2 is 0.625 bits per heavy atom. The van der Waals surface area contributed by atoms with Crippen LogP contribution < -0.4 is 0 Å². The molecule has 0 amide bonds. The van der Waals surface area contributed by atoms with Gasteiger partial charge in [-0.25, -0.2) is 0 Å². The Morgan fingerprint density at radius 1 is 0.400 bits per heavy atom. The number of carboxylic acids is 2. The summed E-state index contributed by atoms with van der Waals surface area (Å²) in [5.74, 6) is -1.31. The molecule has 0 saturated heterocycles. The second-order valence-corrected chi connectivity index (χ2v) is 11.3. The van der Waals surface area contributed by atoms with Crippen molar-refractivity contribution < 1.29 is 30.0 Å². The van der Waals surface area contributed by atoms with E-state index in [0.717, 1.165) is 44.9 Å². The van der Waals surface area contributed by atoms with E-state index in [1.54, 1.807) is 0 Å². The predicted octanol–water partition coefficient (Wildman–Crippen LogP) is 10.4. The van der Waals surface area contributed by atoms with Crippen LogP contribution in [0.5, 0.6) is 0 Å². The first-order valence-electron chi connectivity index (χ1n) is 17.1. The van der Waals surface area contributed by atoms with Gasteiger partial charge in [0.1, 0.15) is 0 Å². The maximum atomic E-state index is 10.3. The summed E-state index contributed by atoms with van der Waals surface area (Å²) >= 11 is 0. The van der Waals surface area contributed by atoms with E-state index in [9.17, 15) is 9.59 Å². The van der Waals surface area contributed by atoms with Crippen molar-refractivity contribution >= 4 is 11.9 Å². The molecule has 6 nitrogen and oxygen atoms in total. The first-order chi connectivity index (χ1) is 19.3. The molecular formula is C34H70O6. The van der Waals surface area contributed by atoms with Crippen molar-refractivity contribution in [1.29, 1.82) is 0 Å².